The van der Waals surface area contributed by atoms with Gasteiger partial charge in [-0.3, -0.25) is 4.99 Å². The van der Waals surface area contributed by atoms with Crippen molar-refractivity contribution in [3.63, 3.8) is 0 Å². The van der Waals surface area contributed by atoms with Gasteiger partial charge in [0.05, 0.1) is 6.54 Å². The molecule has 134 valence electrons. The summed E-state index contributed by atoms with van der Waals surface area (Å²) >= 11 is 0. The number of likely N-dealkylation sites (N-methyl/N-ethyl adjacent to an activating group) is 1. The second-order valence-electron chi connectivity index (χ2n) is 7.54. The van der Waals surface area contributed by atoms with E-state index in [2.05, 4.69) is 43.5 Å². The molecule has 23 heavy (non-hydrogen) atoms. The average molecular weight is 325 g/mol. The fourth-order valence-electron chi connectivity index (χ4n) is 3.80. The van der Waals surface area contributed by atoms with E-state index < -0.39 is 0 Å². The molecule has 5 heteroatoms. The van der Waals surface area contributed by atoms with Crippen LogP contribution < -0.4 is 10.6 Å². The van der Waals surface area contributed by atoms with Crippen LogP contribution in [-0.4, -0.2) is 62.8 Å². The first kappa shape index (κ1) is 18.5. The minimum absolute atomic E-state index is 0.139. The topological polar surface area (TPSA) is 48.9 Å². The van der Waals surface area contributed by atoms with Gasteiger partial charge in [0.2, 0.25) is 0 Å². The molecule has 1 aliphatic heterocycles. The molecule has 1 saturated heterocycles. The lowest BCUT2D eigenvalue weighted by molar-refractivity contribution is -0.00256. The number of hydrogen-bond acceptors (Lipinski definition) is 3. The van der Waals surface area contributed by atoms with E-state index in [0.717, 1.165) is 51.0 Å². The van der Waals surface area contributed by atoms with Crippen molar-refractivity contribution in [3.8, 4) is 0 Å². The van der Waals surface area contributed by atoms with Crippen LogP contribution in [0.5, 0.6) is 0 Å². The smallest absolute Gasteiger partial charge is 0.191 e. The zero-order valence-corrected chi connectivity index (χ0v) is 15.5. The Morgan fingerprint density at radius 3 is 2.61 bits per heavy atom. The molecule has 0 aromatic carbocycles. The van der Waals surface area contributed by atoms with Gasteiger partial charge in [-0.25, -0.2) is 0 Å². The molecule has 2 aliphatic rings. The van der Waals surface area contributed by atoms with Gasteiger partial charge >= 0.3 is 0 Å². The van der Waals surface area contributed by atoms with Crippen LogP contribution in [0.1, 0.15) is 52.4 Å². The Morgan fingerprint density at radius 2 is 2.00 bits per heavy atom. The van der Waals surface area contributed by atoms with Crippen molar-refractivity contribution in [1.29, 1.82) is 0 Å². The molecular formula is C18H36N4O. The molecule has 2 atom stereocenters. The summed E-state index contributed by atoms with van der Waals surface area (Å²) in [6, 6.07) is 0.571. The highest BCUT2D eigenvalue weighted by Gasteiger charge is 2.34. The van der Waals surface area contributed by atoms with E-state index in [1.54, 1.807) is 0 Å². The lowest BCUT2D eigenvalue weighted by atomic mass is 9.87. The minimum atomic E-state index is 0.139. The maximum Gasteiger partial charge on any atom is 0.191 e. The number of aliphatic imine (C=N–C) groups is 1. The highest BCUT2D eigenvalue weighted by atomic mass is 16.5. The maximum absolute atomic E-state index is 5.56. The van der Waals surface area contributed by atoms with E-state index in [0.29, 0.717) is 6.04 Å². The number of nitrogens with one attached hydrogen (secondary N) is 2. The highest BCUT2D eigenvalue weighted by molar-refractivity contribution is 5.80. The quantitative estimate of drug-likeness (QED) is 0.601. The number of rotatable bonds is 5. The van der Waals surface area contributed by atoms with Crippen molar-refractivity contribution in [2.24, 2.45) is 10.9 Å². The third kappa shape index (κ3) is 5.35. The lowest BCUT2D eigenvalue weighted by Crippen LogP contribution is -2.52. The fraction of sp³-hybridized carbons (Fsp3) is 0.944. The van der Waals surface area contributed by atoms with Gasteiger partial charge in [-0.05, 0) is 52.6 Å². The predicted octanol–water partition coefficient (Wildman–Crippen LogP) is 2.23. The molecule has 2 unspecified atom stereocenters. The molecule has 1 heterocycles. The van der Waals surface area contributed by atoms with E-state index in [9.17, 15) is 0 Å². The van der Waals surface area contributed by atoms with Crippen LogP contribution in [-0.2, 0) is 4.74 Å². The van der Waals surface area contributed by atoms with Crippen LogP contribution in [0.3, 0.4) is 0 Å². The van der Waals surface area contributed by atoms with E-state index in [-0.39, 0.29) is 5.54 Å². The predicted molar refractivity (Wildman–Crippen MR) is 97.0 cm³/mol. The second kappa shape index (κ2) is 8.88. The highest BCUT2D eigenvalue weighted by Crippen LogP contribution is 2.26. The Bertz CT molecular complexity index is 377. The lowest BCUT2D eigenvalue weighted by Gasteiger charge is -2.41. The number of ether oxygens (including phenoxy) is 1. The van der Waals surface area contributed by atoms with Crippen molar-refractivity contribution in [2.45, 2.75) is 64.0 Å². The Kier molecular flexibility index (Phi) is 7.15. The van der Waals surface area contributed by atoms with Gasteiger partial charge in [0.25, 0.3) is 0 Å². The molecule has 0 bridgehead atoms. The molecular weight excluding hydrogens is 288 g/mol. The Morgan fingerprint density at radius 1 is 1.26 bits per heavy atom. The van der Waals surface area contributed by atoms with Crippen molar-refractivity contribution in [3.05, 3.63) is 0 Å². The normalized spacial score (nSPS) is 28.7. The summed E-state index contributed by atoms with van der Waals surface area (Å²) in [6.45, 7) is 7.93. The standard InChI is InChI=1S/C18H36N4O/c1-5-19-17(21-16-8-6-7-15(2)13-16)20-14-18(22(3)4)9-11-23-12-10-18/h15-16H,5-14H2,1-4H3,(H2,19,20,21). The summed E-state index contributed by atoms with van der Waals surface area (Å²) in [4.78, 5) is 7.29. The van der Waals surface area contributed by atoms with Crippen molar-refractivity contribution >= 4 is 5.96 Å². The number of guanidine groups is 1. The first-order chi connectivity index (χ1) is 11.1. The van der Waals surface area contributed by atoms with Crippen LogP contribution in [0.15, 0.2) is 4.99 Å². The molecule has 5 nitrogen and oxygen atoms in total. The first-order valence-electron chi connectivity index (χ1n) is 9.36. The molecule has 0 aromatic heterocycles. The average Bonchev–Trinajstić information content (AvgIpc) is 2.54. The van der Waals surface area contributed by atoms with Crippen LogP contribution in [0, 0.1) is 5.92 Å². The summed E-state index contributed by atoms with van der Waals surface area (Å²) in [5, 5.41) is 7.10. The third-order valence-corrected chi connectivity index (χ3v) is 5.53. The molecule has 0 aromatic rings. The number of nitrogens with zero attached hydrogens (tertiary/aromatic N) is 2. The van der Waals surface area contributed by atoms with Gasteiger partial charge in [0.1, 0.15) is 0 Å². The van der Waals surface area contributed by atoms with Crippen molar-refractivity contribution < 1.29 is 4.74 Å². The monoisotopic (exact) mass is 324 g/mol. The summed E-state index contributed by atoms with van der Waals surface area (Å²) in [5.41, 5.74) is 0.139. The molecule has 2 N–H and O–H groups in total. The summed E-state index contributed by atoms with van der Waals surface area (Å²) in [7, 11) is 4.34. The van der Waals surface area contributed by atoms with Gasteiger partial charge in [0, 0.05) is 31.3 Å². The molecule has 2 fully saturated rings. The molecule has 0 radical (unpaired) electrons. The van der Waals surface area contributed by atoms with Crippen molar-refractivity contribution in [2.75, 3.05) is 40.4 Å². The SMILES string of the molecule is CCNC(=NCC1(N(C)C)CCOCC1)NC1CCCC(C)C1. The third-order valence-electron chi connectivity index (χ3n) is 5.53. The van der Waals surface area contributed by atoms with Crippen molar-refractivity contribution in [1.82, 2.24) is 15.5 Å². The van der Waals surface area contributed by atoms with Gasteiger partial charge in [-0.15, -0.1) is 0 Å². The Labute approximate surface area is 142 Å². The van der Waals surface area contributed by atoms with Gasteiger partial charge in [-0.2, -0.15) is 0 Å². The Hall–Kier alpha value is -0.810. The van der Waals surface area contributed by atoms with Gasteiger partial charge < -0.3 is 20.3 Å². The second-order valence-corrected chi connectivity index (χ2v) is 7.54. The minimum Gasteiger partial charge on any atom is -0.381 e. The zero-order chi connectivity index (χ0) is 16.7. The molecule has 0 amide bonds. The van der Waals surface area contributed by atoms with E-state index in [1.807, 2.05) is 0 Å². The maximum atomic E-state index is 5.56. The van der Waals surface area contributed by atoms with Gasteiger partial charge in [-0.1, -0.05) is 19.8 Å². The van der Waals surface area contributed by atoms with Crippen LogP contribution in [0.2, 0.25) is 0 Å². The molecule has 1 saturated carbocycles. The summed E-state index contributed by atoms with van der Waals surface area (Å²) in [5.74, 6) is 1.81. The largest absolute Gasteiger partial charge is 0.381 e. The van der Waals surface area contributed by atoms with Crippen LogP contribution in [0.4, 0.5) is 0 Å². The van der Waals surface area contributed by atoms with E-state index in [4.69, 9.17) is 9.73 Å². The fourth-order valence-corrected chi connectivity index (χ4v) is 3.80. The molecule has 2 rings (SSSR count). The summed E-state index contributed by atoms with van der Waals surface area (Å²) < 4.78 is 5.56. The van der Waals surface area contributed by atoms with E-state index >= 15 is 0 Å². The van der Waals surface area contributed by atoms with Crippen LogP contribution >= 0.6 is 0 Å². The van der Waals surface area contributed by atoms with Crippen LogP contribution in [0.25, 0.3) is 0 Å². The first-order valence-corrected chi connectivity index (χ1v) is 9.36. The van der Waals surface area contributed by atoms with E-state index in [1.165, 1.54) is 25.7 Å². The zero-order valence-electron chi connectivity index (χ0n) is 15.5. The Balaban J connectivity index is 1.98. The summed E-state index contributed by atoms with van der Waals surface area (Å²) in [6.07, 6.45) is 7.35. The molecule has 1 aliphatic carbocycles. The molecule has 0 spiro atoms. The van der Waals surface area contributed by atoms with Gasteiger partial charge in [0.15, 0.2) is 5.96 Å². The number of hydrogen-bond donors (Lipinski definition) is 2.